The molecule has 0 amide bonds. The SMILES string of the molecule is CCCCC/C=C\C/C=C\C/C=C\C/C=C\CCCC(=O)OC[C@H](COP(=O)(O)OC[C@H](O)COP(=O)(O)OC[C@@H](COC(=O)CCCCCCCCCCCCCCCCCCC)OC(=O)CCCCCCCCCCCCCCCCCCC)OC(=O)CCCCCCC/C=C\C/C=C\CCCCC. The van der Waals surface area contributed by atoms with E-state index in [-0.39, 0.29) is 25.7 Å². The number of unbranched alkanes of at least 4 members (excludes halogenated alkanes) is 44. The molecule has 3 N–H and O–H groups in total. The zero-order chi connectivity index (χ0) is 77.4. The van der Waals surface area contributed by atoms with E-state index in [1.807, 2.05) is 12.2 Å². The summed E-state index contributed by atoms with van der Waals surface area (Å²) < 4.78 is 68.8. The molecule has 0 aliphatic heterocycles. The molecule has 0 rings (SSSR count). The van der Waals surface area contributed by atoms with E-state index < -0.39 is 97.5 Å². The molecule has 5 atom stereocenters. The molecular formula is C87H158O17P2. The molecule has 0 heterocycles. The monoisotopic (exact) mass is 1540 g/mol. The smallest absolute Gasteiger partial charge is 0.462 e. The van der Waals surface area contributed by atoms with Gasteiger partial charge in [-0.3, -0.25) is 37.3 Å². The van der Waals surface area contributed by atoms with Crippen molar-refractivity contribution in [1.29, 1.82) is 0 Å². The minimum Gasteiger partial charge on any atom is -0.462 e. The van der Waals surface area contributed by atoms with Gasteiger partial charge in [0.25, 0.3) is 0 Å². The summed E-state index contributed by atoms with van der Waals surface area (Å²) in [5, 5.41) is 10.7. The summed E-state index contributed by atoms with van der Waals surface area (Å²) in [7, 11) is -9.97. The molecule has 106 heavy (non-hydrogen) atoms. The van der Waals surface area contributed by atoms with Crippen molar-refractivity contribution in [2.75, 3.05) is 39.6 Å². The molecule has 0 spiro atoms. The second-order valence-electron chi connectivity index (χ2n) is 29.1. The van der Waals surface area contributed by atoms with Crippen LogP contribution in [0.5, 0.6) is 0 Å². The normalized spacial score (nSPS) is 14.1. The number of allylic oxidation sites excluding steroid dienone is 12. The van der Waals surface area contributed by atoms with Gasteiger partial charge in [0.15, 0.2) is 12.2 Å². The molecule has 17 nitrogen and oxygen atoms in total. The van der Waals surface area contributed by atoms with Crippen molar-refractivity contribution >= 4 is 39.5 Å². The number of hydrogen-bond acceptors (Lipinski definition) is 15. The Morgan fingerprint density at radius 2 is 0.472 bits per heavy atom. The molecule has 2 unspecified atom stereocenters. The number of ether oxygens (including phenoxy) is 4. The maximum atomic E-state index is 13.1. The molecule has 0 aromatic heterocycles. The predicted molar refractivity (Wildman–Crippen MR) is 436 cm³/mol. The van der Waals surface area contributed by atoms with Crippen molar-refractivity contribution in [2.24, 2.45) is 0 Å². The van der Waals surface area contributed by atoms with Gasteiger partial charge >= 0.3 is 39.5 Å². The summed E-state index contributed by atoms with van der Waals surface area (Å²) in [5.41, 5.74) is 0. The van der Waals surface area contributed by atoms with Gasteiger partial charge in [-0.15, -0.1) is 0 Å². The van der Waals surface area contributed by atoms with Crippen molar-refractivity contribution in [3.05, 3.63) is 72.9 Å². The van der Waals surface area contributed by atoms with Crippen LogP contribution in [0.15, 0.2) is 72.9 Å². The average Bonchev–Trinajstić information content (AvgIpc) is 0.901. The molecule has 0 aromatic rings. The number of carbonyl (C=O) groups excluding carboxylic acids is 4. The highest BCUT2D eigenvalue weighted by molar-refractivity contribution is 7.47. The van der Waals surface area contributed by atoms with E-state index >= 15 is 0 Å². The van der Waals surface area contributed by atoms with Gasteiger partial charge in [-0.2, -0.15) is 0 Å². The van der Waals surface area contributed by atoms with Gasteiger partial charge in [0, 0.05) is 25.7 Å². The molecule has 0 bridgehead atoms. The number of hydrogen-bond donors (Lipinski definition) is 3. The van der Waals surface area contributed by atoms with Crippen LogP contribution in [-0.2, 0) is 65.4 Å². The van der Waals surface area contributed by atoms with Crippen LogP contribution in [0, 0.1) is 0 Å². The Kier molecular flexibility index (Phi) is 77.0. The molecule has 0 aliphatic carbocycles. The fourth-order valence-corrected chi connectivity index (χ4v) is 13.6. The number of rotatable bonds is 82. The molecule has 19 heteroatoms. The summed E-state index contributed by atoms with van der Waals surface area (Å²) in [6.45, 7) is 4.85. The number of carbonyl (C=O) groups is 4. The Hall–Kier alpha value is -3.50. The van der Waals surface area contributed by atoms with E-state index in [4.69, 9.17) is 37.0 Å². The van der Waals surface area contributed by atoms with E-state index in [1.54, 1.807) is 0 Å². The van der Waals surface area contributed by atoms with Crippen LogP contribution in [0.1, 0.15) is 400 Å². The molecule has 0 fully saturated rings. The molecule has 0 aromatic carbocycles. The Labute approximate surface area is 647 Å². The van der Waals surface area contributed by atoms with Gasteiger partial charge < -0.3 is 33.8 Å². The largest absolute Gasteiger partial charge is 0.472 e. The van der Waals surface area contributed by atoms with Crippen LogP contribution < -0.4 is 0 Å². The summed E-state index contributed by atoms with van der Waals surface area (Å²) in [4.78, 5) is 73.2. The summed E-state index contributed by atoms with van der Waals surface area (Å²) >= 11 is 0. The van der Waals surface area contributed by atoms with Crippen LogP contribution in [0.4, 0.5) is 0 Å². The number of aliphatic hydroxyl groups excluding tert-OH is 1. The third kappa shape index (κ3) is 78.6. The number of esters is 4. The Bertz CT molecular complexity index is 2280. The van der Waals surface area contributed by atoms with Crippen molar-refractivity contribution in [3.63, 3.8) is 0 Å². The lowest BCUT2D eigenvalue weighted by Crippen LogP contribution is -2.30. The minimum atomic E-state index is -4.99. The van der Waals surface area contributed by atoms with E-state index in [1.165, 1.54) is 199 Å². The Morgan fingerprint density at radius 3 is 0.764 bits per heavy atom. The van der Waals surface area contributed by atoms with Gasteiger partial charge in [-0.25, -0.2) is 9.13 Å². The van der Waals surface area contributed by atoms with E-state index in [0.29, 0.717) is 32.1 Å². The fourth-order valence-electron chi connectivity index (χ4n) is 12.1. The van der Waals surface area contributed by atoms with Crippen molar-refractivity contribution in [2.45, 2.75) is 418 Å². The lowest BCUT2D eigenvalue weighted by atomic mass is 10.0. The van der Waals surface area contributed by atoms with E-state index in [2.05, 4.69) is 88.5 Å². The summed E-state index contributed by atoms with van der Waals surface area (Å²) in [5.74, 6) is -2.22. The summed E-state index contributed by atoms with van der Waals surface area (Å²) in [6.07, 6.45) is 83.0. The molecule has 0 radical (unpaired) electrons. The third-order valence-corrected chi connectivity index (χ3v) is 20.6. The Balaban J connectivity index is 5.38. The van der Waals surface area contributed by atoms with Gasteiger partial charge in [0.2, 0.25) is 0 Å². The standard InChI is InChI=1S/C87H158O17P2/c1-5-9-13-17-21-25-29-33-37-40-44-47-51-55-59-63-67-71-84(89)97-77-82(103-86(91)73-69-65-61-57-53-49-43-36-32-28-24-20-16-12-8-4)79-101-105(93,94)99-75-81(88)76-100-106(95,96)102-80-83(104-87(92)74-70-66-62-58-54-50-46-42-39-35-31-27-23-19-15-11-7-3)78-98-85(90)72-68-64-60-56-52-48-45-41-38-34-30-26-22-18-14-10-6-2/h21,24-25,28,33,36-37,43-44,47,55,59,81-83,88H,5-20,22-23,26-27,29-32,34-35,38-42,45-46,48-54,56-58,60-80H2,1-4H3,(H,93,94)(H,95,96)/b25-21-,28-24-,37-33-,43-36-,47-44-,59-55-/t81-,82+,83+/m0/s1. The second kappa shape index (κ2) is 79.6. The number of phosphoric acid groups is 2. The average molecular weight is 1540 g/mol. The van der Waals surface area contributed by atoms with Crippen LogP contribution in [-0.4, -0.2) is 96.7 Å². The molecule has 0 saturated heterocycles. The quantitative estimate of drug-likeness (QED) is 0.0169. The molecule has 0 aliphatic rings. The Morgan fingerprint density at radius 1 is 0.264 bits per heavy atom. The zero-order valence-corrected chi connectivity index (χ0v) is 69.7. The van der Waals surface area contributed by atoms with Crippen LogP contribution in [0.3, 0.4) is 0 Å². The third-order valence-electron chi connectivity index (χ3n) is 18.7. The first-order chi connectivity index (χ1) is 51.7. The zero-order valence-electron chi connectivity index (χ0n) is 67.9. The lowest BCUT2D eigenvalue weighted by molar-refractivity contribution is -0.161. The highest BCUT2D eigenvalue weighted by Gasteiger charge is 2.30. The van der Waals surface area contributed by atoms with Crippen LogP contribution >= 0.6 is 15.6 Å². The molecule has 618 valence electrons. The molecular weight excluding hydrogens is 1380 g/mol. The minimum absolute atomic E-state index is 0.0699. The number of aliphatic hydroxyl groups is 1. The van der Waals surface area contributed by atoms with Crippen LogP contribution in [0.2, 0.25) is 0 Å². The topological polar surface area (TPSA) is 237 Å². The van der Waals surface area contributed by atoms with Crippen molar-refractivity contribution in [1.82, 2.24) is 0 Å². The number of phosphoric ester groups is 2. The first-order valence-electron chi connectivity index (χ1n) is 43.2. The lowest BCUT2D eigenvalue weighted by Gasteiger charge is -2.21. The fraction of sp³-hybridized carbons (Fsp3) is 0.816. The van der Waals surface area contributed by atoms with Crippen LogP contribution in [0.25, 0.3) is 0 Å². The highest BCUT2D eigenvalue weighted by atomic mass is 31.2. The maximum absolute atomic E-state index is 13.1. The van der Waals surface area contributed by atoms with E-state index in [9.17, 15) is 43.2 Å². The predicted octanol–water partition coefficient (Wildman–Crippen LogP) is 25.6. The second-order valence-corrected chi connectivity index (χ2v) is 32.0. The first kappa shape index (κ1) is 102. The van der Waals surface area contributed by atoms with Gasteiger partial charge in [0.05, 0.1) is 26.4 Å². The van der Waals surface area contributed by atoms with Crippen molar-refractivity contribution < 1.29 is 80.2 Å². The molecule has 0 saturated carbocycles. The maximum Gasteiger partial charge on any atom is 0.472 e. The summed E-state index contributed by atoms with van der Waals surface area (Å²) in [6, 6.07) is 0. The van der Waals surface area contributed by atoms with Gasteiger partial charge in [0.1, 0.15) is 19.3 Å². The highest BCUT2D eigenvalue weighted by Crippen LogP contribution is 2.45. The van der Waals surface area contributed by atoms with Gasteiger partial charge in [-0.1, -0.05) is 351 Å². The first-order valence-corrected chi connectivity index (χ1v) is 46.2. The van der Waals surface area contributed by atoms with Crippen molar-refractivity contribution in [3.8, 4) is 0 Å². The van der Waals surface area contributed by atoms with Gasteiger partial charge in [-0.05, 0) is 96.3 Å². The van der Waals surface area contributed by atoms with E-state index in [0.717, 1.165) is 116 Å².